The first kappa shape index (κ1) is 15.8. The minimum Gasteiger partial charge on any atom is -0.342 e. The van der Waals surface area contributed by atoms with Gasteiger partial charge in [-0.1, -0.05) is 37.3 Å². The fourth-order valence-electron chi connectivity index (χ4n) is 2.29. The summed E-state index contributed by atoms with van der Waals surface area (Å²) in [5, 5.41) is 0.900. The Morgan fingerprint density at radius 1 is 1.19 bits per heavy atom. The second kappa shape index (κ2) is 7.41. The van der Waals surface area contributed by atoms with Gasteiger partial charge in [-0.3, -0.25) is 4.79 Å². The van der Waals surface area contributed by atoms with Gasteiger partial charge in [0, 0.05) is 20.1 Å². The Labute approximate surface area is 130 Å². The van der Waals surface area contributed by atoms with Crippen LogP contribution in [0.4, 0.5) is 5.13 Å². The number of fused-ring (bicyclic) bond motifs is 1. The standard InChI is InChI=1S/C16H23N3OS/c1-4-10-19(11-5-2)15(20)12-18(3)16-17-13-8-6-7-9-14(13)21-16/h6-9H,4-5,10-12H2,1-3H3. The van der Waals surface area contributed by atoms with E-state index in [1.807, 2.05) is 35.0 Å². The first-order valence-electron chi connectivity index (χ1n) is 7.50. The third-order valence-electron chi connectivity index (χ3n) is 3.32. The van der Waals surface area contributed by atoms with Gasteiger partial charge in [-0.25, -0.2) is 4.98 Å². The number of carbonyl (C=O) groups excluding carboxylic acids is 1. The Kier molecular flexibility index (Phi) is 5.56. The SMILES string of the molecule is CCCN(CCC)C(=O)CN(C)c1nc2ccccc2s1. The van der Waals surface area contributed by atoms with E-state index >= 15 is 0 Å². The van der Waals surface area contributed by atoms with Crippen molar-refractivity contribution in [3.8, 4) is 0 Å². The Balaban J connectivity index is 2.05. The molecule has 0 fully saturated rings. The highest BCUT2D eigenvalue weighted by molar-refractivity contribution is 7.22. The quantitative estimate of drug-likeness (QED) is 0.787. The molecule has 0 aliphatic carbocycles. The number of anilines is 1. The molecule has 0 bridgehead atoms. The molecule has 21 heavy (non-hydrogen) atoms. The van der Waals surface area contributed by atoms with Crippen LogP contribution >= 0.6 is 11.3 Å². The number of hydrogen-bond acceptors (Lipinski definition) is 4. The monoisotopic (exact) mass is 305 g/mol. The molecule has 5 heteroatoms. The first-order valence-corrected chi connectivity index (χ1v) is 8.31. The number of amides is 1. The summed E-state index contributed by atoms with van der Waals surface area (Å²) in [4.78, 5) is 20.9. The summed E-state index contributed by atoms with van der Waals surface area (Å²) in [7, 11) is 1.94. The van der Waals surface area contributed by atoms with Crippen molar-refractivity contribution in [2.75, 3.05) is 31.6 Å². The molecule has 0 saturated heterocycles. The minimum absolute atomic E-state index is 0.181. The normalized spacial score (nSPS) is 10.8. The van der Waals surface area contributed by atoms with Gasteiger partial charge in [0.1, 0.15) is 0 Å². The van der Waals surface area contributed by atoms with Crippen LogP contribution in [0, 0.1) is 0 Å². The molecule has 0 N–H and O–H groups in total. The van der Waals surface area contributed by atoms with Crippen LogP contribution in [0.3, 0.4) is 0 Å². The third kappa shape index (κ3) is 3.94. The van der Waals surface area contributed by atoms with Gasteiger partial charge in [0.2, 0.25) is 5.91 Å². The molecule has 2 aromatic rings. The Bertz CT molecular complexity index is 557. The van der Waals surface area contributed by atoms with Crippen molar-refractivity contribution in [2.24, 2.45) is 0 Å². The van der Waals surface area contributed by atoms with Crippen LogP contribution in [-0.4, -0.2) is 42.5 Å². The predicted octanol–water partition coefficient (Wildman–Crippen LogP) is 3.38. The lowest BCUT2D eigenvalue weighted by molar-refractivity contribution is -0.129. The lowest BCUT2D eigenvalue weighted by Gasteiger charge is -2.24. The van der Waals surface area contributed by atoms with Gasteiger partial charge >= 0.3 is 0 Å². The second-order valence-corrected chi connectivity index (χ2v) is 6.21. The summed E-state index contributed by atoms with van der Waals surface area (Å²) >= 11 is 1.63. The van der Waals surface area contributed by atoms with Crippen molar-refractivity contribution in [3.63, 3.8) is 0 Å². The van der Waals surface area contributed by atoms with E-state index in [-0.39, 0.29) is 5.91 Å². The molecule has 2 rings (SSSR count). The largest absolute Gasteiger partial charge is 0.342 e. The summed E-state index contributed by atoms with van der Waals surface area (Å²) in [6.45, 7) is 6.26. The molecule has 0 unspecified atom stereocenters. The van der Waals surface area contributed by atoms with Crippen LogP contribution in [0.15, 0.2) is 24.3 Å². The van der Waals surface area contributed by atoms with E-state index < -0.39 is 0 Å². The molecule has 4 nitrogen and oxygen atoms in total. The molecule has 0 aliphatic rings. The summed E-state index contributed by atoms with van der Waals surface area (Å²) in [6, 6.07) is 8.07. The average Bonchev–Trinajstić information content (AvgIpc) is 2.91. The molecule has 1 aromatic heterocycles. The van der Waals surface area contributed by atoms with Crippen LogP contribution in [0.1, 0.15) is 26.7 Å². The number of thiazole rings is 1. The van der Waals surface area contributed by atoms with Crippen molar-refractivity contribution < 1.29 is 4.79 Å². The van der Waals surface area contributed by atoms with Crippen LogP contribution in [0.25, 0.3) is 10.2 Å². The van der Waals surface area contributed by atoms with Crippen molar-refractivity contribution in [1.82, 2.24) is 9.88 Å². The van der Waals surface area contributed by atoms with Crippen LogP contribution < -0.4 is 4.90 Å². The zero-order valence-electron chi connectivity index (χ0n) is 13.0. The number of hydrogen-bond donors (Lipinski definition) is 0. The molecular formula is C16H23N3OS. The number of nitrogens with zero attached hydrogens (tertiary/aromatic N) is 3. The Morgan fingerprint density at radius 3 is 2.48 bits per heavy atom. The zero-order valence-corrected chi connectivity index (χ0v) is 13.8. The molecule has 0 spiro atoms. The molecule has 0 aliphatic heterocycles. The highest BCUT2D eigenvalue weighted by Gasteiger charge is 2.16. The molecular weight excluding hydrogens is 282 g/mol. The van der Waals surface area contributed by atoms with E-state index in [1.54, 1.807) is 11.3 Å². The number of benzene rings is 1. The Morgan fingerprint density at radius 2 is 1.86 bits per heavy atom. The number of rotatable bonds is 7. The van der Waals surface area contributed by atoms with E-state index in [1.165, 1.54) is 0 Å². The van der Waals surface area contributed by atoms with Gasteiger partial charge in [0.25, 0.3) is 0 Å². The van der Waals surface area contributed by atoms with E-state index in [2.05, 4.69) is 24.9 Å². The summed E-state index contributed by atoms with van der Waals surface area (Å²) in [5.41, 5.74) is 0.996. The zero-order chi connectivity index (χ0) is 15.2. The van der Waals surface area contributed by atoms with Crippen LogP contribution in [0.5, 0.6) is 0 Å². The maximum Gasteiger partial charge on any atom is 0.242 e. The van der Waals surface area contributed by atoms with Gasteiger partial charge in [-0.15, -0.1) is 0 Å². The Hall–Kier alpha value is -1.62. The van der Waals surface area contributed by atoms with Gasteiger partial charge in [-0.05, 0) is 25.0 Å². The first-order chi connectivity index (χ1) is 10.2. The summed E-state index contributed by atoms with van der Waals surface area (Å²) in [5.74, 6) is 0.181. The fourth-order valence-corrected chi connectivity index (χ4v) is 3.22. The molecule has 114 valence electrons. The number of likely N-dealkylation sites (N-methyl/N-ethyl adjacent to an activating group) is 1. The number of carbonyl (C=O) groups is 1. The van der Waals surface area contributed by atoms with Crippen molar-refractivity contribution in [2.45, 2.75) is 26.7 Å². The number of aromatic nitrogens is 1. The maximum absolute atomic E-state index is 12.4. The summed E-state index contributed by atoms with van der Waals surface area (Å²) < 4.78 is 1.16. The van der Waals surface area contributed by atoms with Crippen molar-refractivity contribution in [1.29, 1.82) is 0 Å². The van der Waals surface area contributed by atoms with Crippen LogP contribution in [-0.2, 0) is 4.79 Å². The topological polar surface area (TPSA) is 36.4 Å². The van der Waals surface area contributed by atoms with Crippen LogP contribution in [0.2, 0.25) is 0 Å². The van der Waals surface area contributed by atoms with E-state index in [0.717, 1.165) is 41.3 Å². The third-order valence-corrected chi connectivity index (χ3v) is 4.47. The lowest BCUT2D eigenvalue weighted by Crippen LogP contribution is -2.39. The minimum atomic E-state index is 0.181. The number of para-hydroxylation sites is 1. The molecule has 1 heterocycles. The molecule has 1 amide bonds. The van der Waals surface area contributed by atoms with Gasteiger partial charge in [0.05, 0.1) is 16.8 Å². The van der Waals surface area contributed by atoms with E-state index in [9.17, 15) is 4.79 Å². The predicted molar refractivity (Wildman–Crippen MR) is 90.1 cm³/mol. The summed E-state index contributed by atoms with van der Waals surface area (Å²) in [6.07, 6.45) is 1.99. The highest BCUT2D eigenvalue weighted by Crippen LogP contribution is 2.27. The average molecular weight is 305 g/mol. The van der Waals surface area contributed by atoms with Gasteiger partial charge < -0.3 is 9.80 Å². The van der Waals surface area contributed by atoms with Gasteiger partial charge in [-0.2, -0.15) is 0 Å². The smallest absolute Gasteiger partial charge is 0.242 e. The highest BCUT2D eigenvalue weighted by atomic mass is 32.1. The fraction of sp³-hybridized carbons (Fsp3) is 0.500. The maximum atomic E-state index is 12.4. The van der Waals surface area contributed by atoms with Gasteiger partial charge in [0.15, 0.2) is 5.13 Å². The lowest BCUT2D eigenvalue weighted by atomic mass is 10.3. The second-order valence-electron chi connectivity index (χ2n) is 5.20. The molecule has 0 atom stereocenters. The van der Waals surface area contributed by atoms with E-state index in [4.69, 9.17) is 0 Å². The van der Waals surface area contributed by atoms with E-state index in [0.29, 0.717) is 6.54 Å². The van der Waals surface area contributed by atoms with Crippen molar-refractivity contribution >= 4 is 32.6 Å². The molecule has 0 radical (unpaired) electrons. The van der Waals surface area contributed by atoms with Crippen molar-refractivity contribution in [3.05, 3.63) is 24.3 Å². The molecule has 0 saturated carbocycles. The molecule has 1 aromatic carbocycles.